The van der Waals surface area contributed by atoms with Crippen LogP contribution in [-0.4, -0.2) is 40.7 Å². The minimum absolute atomic E-state index is 0.00534. The second kappa shape index (κ2) is 8.14. The van der Waals surface area contributed by atoms with Gasteiger partial charge in [-0.3, -0.25) is 9.36 Å². The van der Waals surface area contributed by atoms with Crippen molar-refractivity contribution in [2.45, 2.75) is 26.3 Å². The molecule has 0 saturated heterocycles. The van der Waals surface area contributed by atoms with Gasteiger partial charge in [-0.05, 0) is 37.6 Å². The molecule has 0 unspecified atom stereocenters. The molecule has 1 atom stereocenters. The number of aromatic nitrogens is 3. The van der Waals surface area contributed by atoms with E-state index in [1.165, 1.54) is 0 Å². The third-order valence-electron chi connectivity index (χ3n) is 5.34. The first kappa shape index (κ1) is 20.5. The van der Waals surface area contributed by atoms with E-state index in [-0.39, 0.29) is 17.8 Å². The lowest BCUT2D eigenvalue weighted by molar-refractivity contribution is 0.0941. The van der Waals surface area contributed by atoms with Crippen molar-refractivity contribution in [3.63, 3.8) is 0 Å². The fourth-order valence-corrected chi connectivity index (χ4v) is 3.50. The van der Waals surface area contributed by atoms with Crippen LogP contribution in [-0.2, 0) is 0 Å². The van der Waals surface area contributed by atoms with E-state index in [0.717, 1.165) is 6.42 Å². The number of amides is 1. The van der Waals surface area contributed by atoms with Crippen molar-refractivity contribution in [3.8, 4) is 17.2 Å². The molecule has 4 aromatic rings. The van der Waals surface area contributed by atoms with E-state index in [4.69, 9.17) is 25.2 Å². The number of methoxy groups -OCH3 is 2. The molecule has 0 aliphatic carbocycles. The monoisotopic (exact) mass is 419 g/mol. The molecule has 2 aromatic carbocycles. The Labute approximate surface area is 180 Å². The Morgan fingerprint density at radius 2 is 1.84 bits per heavy atom. The molecule has 4 rings (SSSR count). The van der Waals surface area contributed by atoms with Gasteiger partial charge in [-0.2, -0.15) is 0 Å². The Morgan fingerprint density at radius 3 is 2.48 bits per heavy atom. The van der Waals surface area contributed by atoms with Gasteiger partial charge in [0.05, 0.1) is 30.9 Å². The molecule has 0 spiro atoms. The SMILES string of the molecule is CC[C@H](C)NC(=O)c1c(N)n(-c2ccc(OC)cc2OC)c2nc3ccccc3nc12. The summed E-state index contributed by atoms with van der Waals surface area (Å²) in [6.07, 6.45) is 0.797. The number of rotatable bonds is 6. The molecule has 8 heteroatoms. The maximum Gasteiger partial charge on any atom is 0.257 e. The van der Waals surface area contributed by atoms with Crippen molar-refractivity contribution < 1.29 is 14.3 Å². The Hall–Kier alpha value is -3.81. The van der Waals surface area contributed by atoms with Gasteiger partial charge in [0.15, 0.2) is 5.65 Å². The Bertz CT molecular complexity index is 1280. The van der Waals surface area contributed by atoms with Crippen molar-refractivity contribution in [1.29, 1.82) is 0 Å². The summed E-state index contributed by atoms with van der Waals surface area (Å²) in [6, 6.07) is 12.9. The van der Waals surface area contributed by atoms with Gasteiger partial charge in [0.25, 0.3) is 5.91 Å². The van der Waals surface area contributed by atoms with Crippen LogP contribution >= 0.6 is 0 Å². The molecule has 2 heterocycles. The van der Waals surface area contributed by atoms with Gasteiger partial charge >= 0.3 is 0 Å². The van der Waals surface area contributed by atoms with E-state index in [1.54, 1.807) is 30.9 Å². The predicted molar refractivity (Wildman–Crippen MR) is 121 cm³/mol. The van der Waals surface area contributed by atoms with Gasteiger partial charge in [-0.15, -0.1) is 0 Å². The third-order valence-corrected chi connectivity index (χ3v) is 5.34. The van der Waals surface area contributed by atoms with Crippen LogP contribution in [0, 0.1) is 0 Å². The van der Waals surface area contributed by atoms with Crippen LogP contribution in [0.4, 0.5) is 5.82 Å². The molecule has 160 valence electrons. The highest BCUT2D eigenvalue weighted by atomic mass is 16.5. The van der Waals surface area contributed by atoms with Crippen molar-refractivity contribution in [3.05, 3.63) is 48.0 Å². The van der Waals surface area contributed by atoms with Crippen LogP contribution in [0.1, 0.15) is 30.6 Å². The van der Waals surface area contributed by atoms with Crippen LogP contribution in [0.3, 0.4) is 0 Å². The number of carbonyl (C=O) groups is 1. The Morgan fingerprint density at radius 1 is 1.13 bits per heavy atom. The van der Waals surface area contributed by atoms with Crippen molar-refractivity contribution in [1.82, 2.24) is 19.9 Å². The Balaban J connectivity index is 2.04. The second-order valence-electron chi connectivity index (χ2n) is 7.30. The van der Waals surface area contributed by atoms with E-state index in [1.807, 2.05) is 44.2 Å². The van der Waals surface area contributed by atoms with Gasteiger partial charge in [-0.25, -0.2) is 9.97 Å². The van der Waals surface area contributed by atoms with Crippen LogP contribution in [0.25, 0.3) is 27.9 Å². The number of fused-ring (bicyclic) bond motifs is 2. The van der Waals surface area contributed by atoms with E-state index in [9.17, 15) is 4.79 Å². The summed E-state index contributed by atoms with van der Waals surface area (Å²) >= 11 is 0. The number of carbonyl (C=O) groups excluding carboxylic acids is 1. The number of nitrogens with two attached hydrogens (primary N) is 1. The zero-order chi connectivity index (χ0) is 22.1. The first-order valence-corrected chi connectivity index (χ1v) is 10.1. The predicted octanol–water partition coefficient (Wildman–Crippen LogP) is 3.70. The van der Waals surface area contributed by atoms with Crippen LogP contribution < -0.4 is 20.5 Å². The zero-order valence-electron chi connectivity index (χ0n) is 18.0. The fraction of sp³-hybridized carbons (Fsp3) is 0.261. The van der Waals surface area contributed by atoms with E-state index in [2.05, 4.69) is 5.32 Å². The molecule has 0 saturated carbocycles. The maximum absolute atomic E-state index is 13.2. The normalized spacial score (nSPS) is 12.1. The van der Waals surface area contributed by atoms with Crippen LogP contribution in [0.15, 0.2) is 42.5 Å². The summed E-state index contributed by atoms with van der Waals surface area (Å²) in [5.41, 5.74) is 9.80. The molecule has 3 N–H and O–H groups in total. The average Bonchev–Trinajstić information content (AvgIpc) is 3.07. The highest BCUT2D eigenvalue weighted by Crippen LogP contribution is 2.36. The molecule has 0 fully saturated rings. The third kappa shape index (κ3) is 3.50. The van der Waals surface area contributed by atoms with Crippen LogP contribution in [0.5, 0.6) is 11.5 Å². The molecule has 0 bridgehead atoms. The van der Waals surface area contributed by atoms with E-state index >= 15 is 0 Å². The maximum atomic E-state index is 13.2. The first-order chi connectivity index (χ1) is 15.0. The topological polar surface area (TPSA) is 104 Å². The number of anilines is 1. The molecule has 2 aromatic heterocycles. The minimum Gasteiger partial charge on any atom is -0.497 e. The molecule has 0 aliphatic rings. The first-order valence-electron chi connectivity index (χ1n) is 10.1. The van der Waals surface area contributed by atoms with E-state index < -0.39 is 0 Å². The molecule has 1 amide bonds. The number of hydrogen-bond acceptors (Lipinski definition) is 6. The number of nitrogens with zero attached hydrogens (tertiary/aromatic N) is 3. The summed E-state index contributed by atoms with van der Waals surface area (Å²) in [6.45, 7) is 3.95. The molecular formula is C23H25N5O3. The van der Waals surface area contributed by atoms with Crippen molar-refractivity contribution in [2.24, 2.45) is 0 Å². The summed E-state index contributed by atoms with van der Waals surface area (Å²) < 4.78 is 12.6. The van der Waals surface area contributed by atoms with Crippen LogP contribution in [0.2, 0.25) is 0 Å². The van der Waals surface area contributed by atoms with Gasteiger partial charge in [0.2, 0.25) is 0 Å². The highest BCUT2D eigenvalue weighted by molar-refractivity contribution is 6.11. The number of para-hydroxylation sites is 2. The van der Waals surface area contributed by atoms with Gasteiger partial charge < -0.3 is 20.5 Å². The number of ether oxygens (including phenoxy) is 2. The lowest BCUT2D eigenvalue weighted by atomic mass is 10.2. The number of nitrogen functional groups attached to an aromatic ring is 1. The zero-order valence-corrected chi connectivity index (χ0v) is 18.0. The quantitative estimate of drug-likeness (QED) is 0.494. The van der Waals surface area contributed by atoms with Gasteiger partial charge in [-0.1, -0.05) is 19.1 Å². The molecule has 8 nitrogen and oxygen atoms in total. The highest BCUT2D eigenvalue weighted by Gasteiger charge is 2.26. The standard InChI is InChI=1S/C23H25N5O3/c1-5-13(2)25-23(29)19-20-22(27-16-9-7-6-8-15(16)26-20)28(21(19)24)17-11-10-14(30-3)12-18(17)31-4/h6-13H,5,24H2,1-4H3,(H,25,29)/t13-/m0/s1. The van der Waals surface area contributed by atoms with Crippen molar-refractivity contribution in [2.75, 3.05) is 20.0 Å². The number of hydrogen-bond donors (Lipinski definition) is 2. The van der Waals surface area contributed by atoms with E-state index in [0.29, 0.717) is 44.9 Å². The second-order valence-corrected chi connectivity index (χ2v) is 7.30. The summed E-state index contributed by atoms with van der Waals surface area (Å²) in [7, 11) is 3.15. The lowest BCUT2D eigenvalue weighted by Gasteiger charge is -2.14. The Kier molecular flexibility index (Phi) is 5.37. The number of nitrogens with one attached hydrogen (secondary N) is 1. The summed E-state index contributed by atoms with van der Waals surface area (Å²) in [4.78, 5) is 22.7. The van der Waals surface area contributed by atoms with Gasteiger partial charge in [0.1, 0.15) is 28.4 Å². The molecular weight excluding hydrogens is 394 g/mol. The molecule has 0 aliphatic heterocycles. The number of benzene rings is 2. The summed E-state index contributed by atoms with van der Waals surface area (Å²) in [5, 5.41) is 2.99. The van der Waals surface area contributed by atoms with Crippen molar-refractivity contribution >= 4 is 33.9 Å². The fourth-order valence-electron chi connectivity index (χ4n) is 3.50. The lowest BCUT2D eigenvalue weighted by Crippen LogP contribution is -2.32. The summed E-state index contributed by atoms with van der Waals surface area (Å²) in [5.74, 6) is 1.14. The molecule has 0 radical (unpaired) electrons. The molecule has 31 heavy (non-hydrogen) atoms. The largest absolute Gasteiger partial charge is 0.497 e. The minimum atomic E-state index is -0.285. The average molecular weight is 419 g/mol. The van der Waals surface area contributed by atoms with Gasteiger partial charge in [0, 0.05) is 12.1 Å². The smallest absolute Gasteiger partial charge is 0.257 e.